The summed E-state index contributed by atoms with van der Waals surface area (Å²) in [5.74, 6) is 0.588. The number of hydrogen-bond donors (Lipinski definition) is 4. The second kappa shape index (κ2) is 7.97. The van der Waals surface area contributed by atoms with Gasteiger partial charge in [0.1, 0.15) is 11.9 Å². The summed E-state index contributed by atoms with van der Waals surface area (Å²) in [4.78, 5) is 20.3. The standard InChI is InChI=1S/C19H23N9O/c1-21-18(29)17-14(25-12-7-19(8-12)2-4-22-5-3-19)6-15(27-28-17)26-16-11-23-13(9-20)10-24-16/h6,10-12,22H,2-5,7-8H2,1H3,(H,21,29)(H2,24,25,26,27). The lowest BCUT2D eigenvalue weighted by Crippen LogP contribution is -2.50. The van der Waals surface area contributed by atoms with Gasteiger partial charge in [-0.2, -0.15) is 5.26 Å². The minimum atomic E-state index is -0.291. The first-order valence-electron chi connectivity index (χ1n) is 9.67. The average Bonchev–Trinajstić information content (AvgIpc) is 2.73. The molecule has 1 saturated heterocycles. The number of nitrogens with one attached hydrogen (secondary N) is 4. The molecule has 2 aliphatic rings. The van der Waals surface area contributed by atoms with Crippen molar-refractivity contribution in [3.05, 3.63) is 29.8 Å². The third kappa shape index (κ3) is 4.09. The van der Waals surface area contributed by atoms with Crippen LogP contribution in [0.4, 0.5) is 17.3 Å². The molecule has 0 bridgehead atoms. The van der Waals surface area contributed by atoms with Crippen LogP contribution in [0, 0.1) is 16.7 Å². The summed E-state index contributed by atoms with van der Waals surface area (Å²) in [6, 6.07) is 3.99. The van der Waals surface area contributed by atoms with Crippen LogP contribution >= 0.6 is 0 Å². The van der Waals surface area contributed by atoms with Gasteiger partial charge in [-0.15, -0.1) is 10.2 Å². The van der Waals surface area contributed by atoms with E-state index < -0.39 is 0 Å². The van der Waals surface area contributed by atoms with Crippen LogP contribution < -0.4 is 21.3 Å². The lowest BCUT2D eigenvalue weighted by Gasteiger charge is -2.50. The summed E-state index contributed by atoms with van der Waals surface area (Å²) in [6.07, 6.45) is 7.41. The molecule has 10 nitrogen and oxygen atoms in total. The maximum atomic E-state index is 12.2. The van der Waals surface area contributed by atoms with Gasteiger partial charge in [0.25, 0.3) is 5.91 Å². The normalized spacial score (nSPS) is 17.8. The van der Waals surface area contributed by atoms with Gasteiger partial charge in [0.2, 0.25) is 0 Å². The van der Waals surface area contributed by atoms with Crippen LogP contribution in [-0.2, 0) is 0 Å². The second-order valence-electron chi connectivity index (χ2n) is 7.59. The number of aromatic nitrogens is 4. The fraction of sp³-hybridized carbons (Fsp3) is 0.474. The third-order valence-electron chi connectivity index (χ3n) is 5.64. The third-order valence-corrected chi connectivity index (χ3v) is 5.64. The molecule has 1 saturated carbocycles. The van der Waals surface area contributed by atoms with Gasteiger partial charge in [-0.05, 0) is 44.2 Å². The zero-order valence-corrected chi connectivity index (χ0v) is 16.2. The Morgan fingerprint density at radius 1 is 1.21 bits per heavy atom. The number of amides is 1. The number of nitrogens with zero attached hydrogens (tertiary/aromatic N) is 5. The Morgan fingerprint density at radius 3 is 2.66 bits per heavy atom. The molecule has 3 heterocycles. The summed E-state index contributed by atoms with van der Waals surface area (Å²) in [6.45, 7) is 2.15. The molecular formula is C19H23N9O. The molecule has 1 aliphatic carbocycles. The Bertz CT molecular complexity index is 924. The number of piperidine rings is 1. The molecule has 1 amide bonds. The molecular weight excluding hydrogens is 370 g/mol. The van der Waals surface area contributed by atoms with Gasteiger partial charge >= 0.3 is 0 Å². The van der Waals surface area contributed by atoms with Crippen LogP contribution in [0.25, 0.3) is 0 Å². The van der Waals surface area contributed by atoms with Gasteiger partial charge in [0, 0.05) is 19.2 Å². The highest BCUT2D eigenvalue weighted by molar-refractivity contribution is 5.97. The first kappa shape index (κ1) is 19.0. The minimum absolute atomic E-state index is 0.232. The van der Waals surface area contributed by atoms with E-state index in [4.69, 9.17) is 5.26 Å². The average molecular weight is 393 g/mol. The zero-order valence-electron chi connectivity index (χ0n) is 16.2. The smallest absolute Gasteiger partial charge is 0.273 e. The summed E-state index contributed by atoms with van der Waals surface area (Å²) >= 11 is 0. The maximum absolute atomic E-state index is 12.2. The molecule has 29 heavy (non-hydrogen) atoms. The van der Waals surface area contributed by atoms with E-state index in [9.17, 15) is 4.79 Å². The van der Waals surface area contributed by atoms with Crippen molar-refractivity contribution in [3.63, 3.8) is 0 Å². The van der Waals surface area contributed by atoms with Gasteiger partial charge < -0.3 is 21.3 Å². The second-order valence-corrected chi connectivity index (χ2v) is 7.59. The predicted molar refractivity (Wildman–Crippen MR) is 107 cm³/mol. The molecule has 2 fully saturated rings. The van der Waals surface area contributed by atoms with Crippen molar-refractivity contribution in [2.45, 2.75) is 31.7 Å². The number of nitriles is 1. The largest absolute Gasteiger partial charge is 0.380 e. The number of rotatable bonds is 5. The van der Waals surface area contributed by atoms with Crippen LogP contribution in [0.5, 0.6) is 0 Å². The highest BCUT2D eigenvalue weighted by atomic mass is 16.1. The molecule has 2 aromatic heterocycles. The van der Waals surface area contributed by atoms with E-state index in [1.165, 1.54) is 25.2 Å². The van der Waals surface area contributed by atoms with E-state index in [0.29, 0.717) is 28.8 Å². The molecule has 0 atom stereocenters. The quantitative estimate of drug-likeness (QED) is 0.589. The van der Waals surface area contributed by atoms with E-state index in [2.05, 4.69) is 41.4 Å². The summed E-state index contributed by atoms with van der Waals surface area (Å²) in [5, 5.41) is 29.5. The van der Waals surface area contributed by atoms with Crippen LogP contribution in [0.1, 0.15) is 41.9 Å². The highest BCUT2D eigenvalue weighted by Gasteiger charge is 2.44. The van der Waals surface area contributed by atoms with Crippen molar-refractivity contribution in [3.8, 4) is 6.07 Å². The molecule has 4 N–H and O–H groups in total. The van der Waals surface area contributed by atoms with E-state index in [1.54, 1.807) is 13.1 Å². The Balaban J connectivity index is 1.50. The molecule has 1 spiro atoms. The maximum Gasteiger partial charge on any atom is 0.273 e. The van der Waals surface area contributed by atoms with Gasteiger partial charge in [-0.25, -0.2) is 9.97 Å². The van der Waals surface area contributed by atoms with Crippen molar-refractivity contribution in [1.29, 1.82) is 5.26 Å². The van der Waals surface area contributed by atoms with Gasteiger partial charge in [0.05, 0.1) is 18.1 Å². The van der Waals surface area contributed by atoms with Gasteiger partial charge in [-0.1, -0.05) is 0 Å². The van der Waals surface area contributed by atoms with Crippen LogP contribution in [0.15, 0.2) is 18.5 Å². The topological polar surface area (TPSA) is 141 Å². The monoisotopic (exact) mass is 393 g/mol. The Hall–Kier alpha value is -3.32. The number of carbonyl (C=O) groups excluding carboxylic acids is 1. The first-order valence-corrected chi connectivity index (χ1v) is 9.67. The fourth-order valence-corrected chi connectivity index (χ4v) is 4.10. The number of hydrogen-bond acceptors (Lipinski definition) is 9. The SMILES string of the molecule is CNC(=O)c1nnc(Nc2cnc(C#N)cn2)cc1NC1CC2(CCNCC2)C1. The minimum Gasteiger partial charge on any atom is -0.380 e. The molecule has 10 heteroatoms. The summed E-state index contributed by atoms with van der Waals surface area (Å²) in [7, 11) is 1.57. The van der Waals surface area contributed by atoms with Crippen molar-refractivity contribution < 1.29 is 4.79 Å². The molecule has 2 aromatic rings. The summed E-state index contributed by atoms with van der Waals surface area (Å²) in [5.41, 5.74) is 1.55. The fourth-order valence-electron chi connectivity index (χ4n) is 4.10. The van der Waals surface area contributed by atoms with Crippen LogP contribution in [-0.4, -0.2) is 52.3 Å². The van der Waals surface area contributed by atoms with Crippen LogP contribution in [0.2, 0.25) is 0 Å². The van der Waals surface area contributed by atoms with E-state index >= 15 is 0 Å². The zero-order chi connectivity index (χ0) is 20.3. The Morgan fingerprint density at radius 2 is 2.00 bits per heavy atom. The van der Waals surface area contributed by atoms with Gasteiger partial charge in [0.15, 0.2) is 17.2 Å². The first-order chi connectivity index (χ1) is 14.1. The van der Waals surface area contributed by atoms with E-state index in [1.807, 2.05) is 6.07 Å². The van der Waals surface area contributed by atoms with E-state index in [-0.39, 0.29) is 17.3 Å². The molecule has 1 aliphatic heterocycles. The molecule has 4 rings (SSSR count). The van der Waals surface area contributed by atoms with E-state index in [0.717, 1.165) is 25.9 Å². The molecule has 0 radical (unpaired) electrons. The van der Waals surface area contributed by atoms with Crippen molar-refractivity contribution in [2.24, 2.45) is 5.41 Å². The lowest BCUT2D eigenvalue weighted by atomic mass is 9.60. The number of carbonyl (C=O) groups is 1. The number of anilines is 3. The lowest BCUT2D eigenvalue weighted by molar-refractivity contribution is 0.0718. The molecule has 0 aromatic carbocycles. The van der Waals surface area contributed by atoms with Crippen molar-refractivity contribution in [1.82, 2.24) is 30.8 Å². The Kier molecular flexibility index (Phi) is 5.22. The summed E-state index contributed by atoms with van der Waals surface area (Å²) < 4.78 is 0. The molecule has 150 valence electrons. The van der Waals surface area contributed by atoms with Gasteiger partial charge in [-0.3, -0.25) is 4.79 Å². The molecule has 0 unspecified atom stereocenters. The van der Waals surface area contributed by atoms with Crippen molar-refractivity contribution in [2.75, 3.05) is 30.8 Å². The predicted octanol–water partition coefficient (Wildman–Crippen LogP) is 1.19. The highest BCUT2D eigenvalue weighted by Crippen LogP contribution is 2.49. The van der Waals surface area contributed by atoms with Crippen molar-refractivity contribution >= 4 is 23.2 Å². The van der Waals surface area contributed by atoms with Crippen LogP contribution in [0.3, 0.4) is 0 Å². The Labute approximate surface area is 168 Å².